The first-order valence-electron chi connectivity index (χ1n) is 8.06. The van der Waals surface area contributed by atoms with Crippen molar-refractivity contribution in [3.63, 3.8) is 0 Å². The van der Waals surface area contributed by atoms with Gasteiger partial charge >= 0.3 is 0 Å². The Labute approximate surface area is 151 Å². The summed E-state index contributed by atoms with van der Waals surface area (Å²) in [5.41, 5.74) is 2.73. The first-order valence-corrected chi connectivity index (χ1v) is 8.43. The van der Waals surface area contributed by atoms with E-state index in [0.717, 1.165) is 16.8 Å². The first kappa shape index (κ1) is 17.2. The van der Waals surface area contributed by atoms with Crippen LogP contribution in [0.5, 0.6) is 0 Å². The molecular formula is C19H18ClN3O2. The molecule has 5 nitrogen and oxygen atoms in total. The maximum Gasteiger partial charge on any atom is 0.226 e. The number of aromatic nitrogens is 2. The Kier molecular flexibility index (Phi) is 5.46. The quantitative estimate of drug-likeness (QED) is 0.698. The van der Waals surface area contributed by atoms with Crippen LogP contribution in [0.3, 0.4) is 0 Å². The highest BCUT2D eigenvalue weighted by atomic mass is 35.5. The summed E-state index contributed by atoms with van der Waals surface area (Å²) in [6, 6.07) is 14.9. The molecule has 0 aliphatic heterocycles. The third-order valence-corrected chi connectivity index (χ3v) is 4.04. The first-order chi connectivity index (χ1) is 12.1. The molecule has 0 aliphatic carbocycles. The second-order valence-corrected chi connectivity index (χ2v) is 6.17. The Morgan fingerprint density at radius 3 is 2.68 bits per heavy atom. The SMILES string of the molecule is Cc1ccccc1NC(=O)CCCc1nc(-c2ccc(Cl)cc2)no1. The fourth-order valence-electron chi connectivity index (χ4n) is 2.40. The fraction of sp³-hybridized carbons (Fsp3) is 0.211. The lowest BCUT2D eigenvalue weighted by Crippen LogP contribution is -2.12. The van der Waals surface area contributed by atoms with Gasteiger partial charge in [-0.2, -0.15) is 4.98 Å². The molecule has 0 saturated heterocycles. The van der Waals surface area contributed by atoms with Gasteiger partial charge in [0.2, 0.25) is 17.6 Å². The number of halogens is 1. The van der Waals surface area contributed by atoms with E-state index in [1.54, 1.807) is 12.1 Å². The Bertz CT molecular complexity index is 859. The van der Waals surface area contributed by atoms with Crippen molar-refractivity contribution in [3.05, 3.63) is 65.0 Å². The van der Waals surface area contributed by atoms with E-state index in [4.69, 9.17) is 16.1 Å². The van der Waals surface area contributed by atoms with Gasteiger partial charge in [0.25, 0.3) is 0 Å². The minimum Gasteiger partial charge on any atom is -0.339 e. The number of benzene rings is 2. The van der Waals surface area contributed by atoms with E-state index in [1.807, 2.05) is 43.3 Å². The Hall–Kier alpha value is -2.66. The van der Waals surface area contributed by atoms with Gasteiger partial charge in [0.05, 0.1) is 0 Å². The van der Waals surface area contributed by atoms with Crippen LogP contribution in [0.15, 0.2) is 53.1 Å². The van der Waals surface area contributed by atoms with Crippen molar-refractivity contribution in [1.29, 1.82) is 0 Å². The number of rotatable bonds is 6. The zero-order valence-electron chi connectivity index (χ0n) is 13.8. The van der Waals surface area contributed by atoms with Crippen molar-refractivity contribution in [1.82, 2.24) is 10.1 Å². The molecule has 6 heteroatoms. The smallest absolute Gasteiger partial charge is 0.226 e. The van der Waals surface area contributed by atoms with E-state index in [1.165, 1.54) is 0 Å². The lowest BCUT2D eigenvalue weighted by Gasteiger charge is -2.07. The van der Waals surface area contributed by atoms with Gasteiger partial charge < -0.3 is 9.84 Å². The molecular weight excluding hydrogens is 338 g/mol. The van der Waals surface area contributed by atoms with E-state index in [9.17, 15) is 4.79 Å². The summed E-state index contributed by atoms with van der Waals surface area (Å²) in [6.45, 7) is 1.96. The maximum absolute atomic E-state index is 12.0. The van der Waals surface area contributed by atoms with E-state index in [-0.39, 0.29) is 5.91 Å². The van der Waals surface area contributed by atoms with Crippen molar-refractivity contribution < 1.29 is 9.32 Å². The number of hydrogen-bond donors (Lipinski definition) is 1. The number of carbonyl (C=O) groups is 1. The summed E-state index contributed by atoms with van der Waals surface area (Å²) < 4.78 is 5.24. The van der Waals surface area contributed by atoms with Gasteiger partial charge in [-0.1, -0.05) is 35.0 Å². The Morgan fingerprint density at radius 2 is 1.92 bits per heavy atom. The molecule has 3 rings (SSSR count). The zero-order chi connectivity index (χ0) is 17.6. The third kappa shape index (κ3) is 4.67. The number of carbonyl (C=O) groups excluding carboxylic acids is 1. The van der Waals surface area contributed by atoms with Gasteiger partial charge in [0.15, 0.2) is 0 Å². The highest BCUT2D eigenvalue weighted by Crippen LogP contribution is 2.19. The van der Waals surface area contributed by atoms with Gasteiger partial charge in [-0.25, -0.2) is 0 Å². The molecule has 0 unspecified atom stereocenters. The number of nitrogens with zero attached hydrogens (tertiary/aromatic N) is 2. The second kappa shape index (κ2) is 7.94. The summed E-state index contributed by atoms with van der Waals surface area (Å²) >= 11 is 5.87. The molecule has 0 fully saturated rings. The van der Waals surface area contributed by atoms with Crippen LogP contribution in [0, 0.1) is 6.92 Å². The van der Waals surface area contributed by atoms with Crippen molar-refractivity contribution in [3.8, 4) is 11.4 Å². The van der Waals surface area contributed by atoms with Gasteiger partial charge in [0, 0.05) is 29.1 Å². The molecule has 1 aromatic heterocycles. The predicted molar refractivity (Wildman–Crippen MR) is 97.5 cm³/mol. The van der Waals surface area contributed by atoms with Gasteiger partial charge in [-0.05, 0) is 49.2 Å². The largest absolute Gasteiger partial charge is 0.339 e. The highest BCUT2D eigenvalue weighted by molar-refractivity contribution is 6.30. The fourth-order valence-corrected chi connectivity index (χ4v) is 2.52. The molecule has 0 spiro atoms. The molecule has 2 aromatic carbocycles. The second-order valence-electron chi connectivity index (χ2n) is 5.74. The number of nitrogens with one attached hydrogen (secondary N) is 1. The van der Waals surface area contributed by atoms with E-state index in [0.29, 0.717) is 36.0 Å². The van der Waals surface area contributed by atoms with Crippen LogP contribution < -0.4 is 5.32 Å². The normalized spacial score (nSPS) is 10.6. The van der Waals surface area contributed by atoms with Gasteiger partial charge in [0.1, 0.15) is 0 Å². The van der Waals surface area contributed by atoms with Crippen LogP contribution in [0.1, 0.15) is 24.3 Å². The average Bonchev–Trinajstić information content (AvgIpc) is 3.06. The van der Waals surface area contributed by atoms with Crippen LogP contribution in [-0.4, -0.2) is 16.0 Å². The Balaban J connectivity index is 1.50. The van der Waals surface area contributed by atoms with E-state index in [2.05, 4.69) is 15.5 Å². The number of anilines is 1. The molecule has 0 bridgehead atoms. The van der Waals surface area contributed by atoms with Crippen molar-refractivity contribution in [2.24, 2.45) is 0 Å². The number of amides is 1. The predicted octanol–water partition coefficient (Wildman–Crippen LogP) is 4.66. The molecule has 1 amide bonds. The molecule has 3 aromatic rings. The Morgan fingerprint density at radius 1 is 1.16 bits per heavy atom. The van der Waals surface area contributed by atoms with Gasteiger partial charge in [-0.3, -0.25) is 4.79 Å². The summed E-state index contributed by atoms with van der Waals surface area (Å²) in [7, 11) is 0. The van der Waals surface area contributed by atoms with Crippen molar-refractivity contribution in [2.75, 3.05) is 5.32 Å². The molecule has 128 valence electrons. The molecule has 0 aliphatic rings. The molecule has 0 radical (unpaired) electrons. The minimum atomic E-state index is -0.0215. The lowest BCUT2D eigenvalue weighted by molar-refractivity contribution is -0.116. The average molecular weight is 356 g/mol. The van der Waals surface area contributed by atoms with Crippen LogP contribution in [0.25, 0.3) is 11.4 Å². The number of para-hydroxylation sites is 1. The third-order valence-electron chi connectivity index (χ3n) is 3.78. The lowest BCUT2D eigenvalue weighted by atomic mass is 10.2. The molecule has 1 heterocycles. The number of aryl methyl sites for hydroxylation is 2. The van der Waals surface area contributed by atoms with Crippen molar-refractivity contribution >= 4 is 23.2 Å². The summed E-state index contributed by atoms with van der Waals surface area (Å²) in [6.07, 6.45) is 1.59. The molecule has 1 N–H and O–H groups in total. The van der Waals surface area contributed by atoms with Crippen LogP contribution >= 0.6 is 11.6 Å². The van der Waals surface area contributed by atoms with Gasteiger partial charge in [-0.15, -0.1) is 0 Å². The summed E-state index contributed by atoms with van der Waals surface area (Å²) in [5, 5.41) is 7.54. The number of hydrogen-bond acceptors (Lipinski definition) is 4. The van der Waals surface area contributed by atoms with E-state index >= 15 is 0 Å². The monoisotopic (exact) mass is 355 g/mol. The molecule has 0 atom stereocenters. The van der Waals surface area contributed by atoms with Crippen LogP contribution in [0.2, 0.25) is 5.02 Å². The summed E-state index contributed by atoms with van der Waals surface area (Å²) in [5.74, 6) is 1.02. The molecule has 25 heavy (non-hydrogen) atoms. The van der Waals surface area contributed by atoms with Crippen LogP contribution in [0.4, 0.5) is 5.69 Å². The van der Waals surface area contributed by atoms with E-state index < -0.39 is 0 Å². The zero-order valence-corrected chi connectivity index (χ0v) is 14.6. The highest BCUT2D eigenvalue weighted by Gasteiger charge is 2.10. The molecule has 0 saturated carbocycles. The minimum absolute atomic E-state index is 0.0215. The van der Waals surface area contributed by atoms with Crippen LogP contribution in [-0.2, 0) is 11.2 Å². The maximum atomic E-state index is 12.0. The van der Waals surface area contributed by atoms with Crippen molar-refractivity contribution in [2.45, 2.75) is 26.2 Å². The summed E-state index contributed by atoms with van der Waals surface area (Å²) in [4.78, 5) is 16.4. The topological polar surface area (TPSA) is 68.0 Å². The standard InChI is InChI=1S/C19H18ClN3O2/c1-13-5-2-3-6-16(13)21-17(24)7-4-8-18-22-19(23-25-18)14-9-11-15(20)12-10-14/h2-3,5-6,9-12H,4,7-8H2,1H3,(H,21,24).